The predicted octanol–water partition coefficient (Wildman–Crippen LogP) is 4.25. The lowest BCUT2D eigenvalue weighted by Crippen LogP contribution is -2.21. The van der Waals surface area contributed by atoms with Crippen LogP contribution in [0.15, 0.2) is 84.9 Å². The van der Waals surface area contributed by atoms with E-state index in [1.165, 1.54) is 24.3 Å². The second-order valence-corrected chi connectivity index (χ2v) is 6.25. The molecule has 0 aliphatic carbocycles. The highest BCUT2D eigenvalue weighted by atomic mass is 19.1. The van der Waals surface area contributed by atoms with Gasteiger partial charge in [0.1, 0.15) is 5.82 Å². The van der Waals surface area contributed by atoms with Gasteiger partial charge in [-0.25, -0.2) is 9.18 Å². The molecule has 0 saturated heterocycles. The number of hydrogen-bond acceptors (Lipinski definition) is 4. The molecule has 0 fully saturated rings. The number of hydrogen-bond donors (Lipinski definition) is 1. The molecule has 0 bridgehead atoms. The topological polar surface area (TPSA) is 72.5 Å². The molecule has 3 aromatic carbocycles. The van der Waals surface area contributed by atoms with Gasteiger partial charge in [0.2, 0.25) is 0 Å². The molecule has 3 rings (SSSR count). The predicted molar refractivity (Wildman–Crippen MR) is 111 cm³/mol. The Balaban J connectivity index is 1.60. The molecule has 0 spiro atoms. The van der Waals surface area contributed by atoms with Crippen LogP contribution in [-0.4, -0.2) is 24.3 Å². The number of benzene rings is 3. The molecule has 6 heteroatoms. The van der Waals surface area contributed by atoms with Crippen LogP contribution in [0.25, 0.3) is 6.08 Å². The summed E-state index contributed by atoms with van der Waals surface area (Å²) in [5.74, 6) is -2.10. The monoisotopic (exact) mass is 403 g/mol. The van der Waals surface area contributed by atoms with Crippen molar-refractivity contribution in [2.45, 2.75) is 0 Å². The smallest absolute Gasteiger partial charge is 0.331 e. The average Bonchev–Trinajstić information content (AvgIpc) is 2.77. The molecule has 0 atom stereocenters. The fourth-order valence-corrected chi connectivity index (χ4v) is 2.67. The standard InChI is InChI=1S/C24H18FNO4/c25-20-12-6-4-8-17(20)14-15-23(28)30-16-22(27)26-21-13-7-5-11-19(21)24(29)18-9-2-1-3-10-18/h1-15H,16H2,(H,26,27)/b15-14+. The minimum atomic E-state index is -0.790. The normalized spacial score (nSPS) is 10.6. The van der Waals surface area contributed by atoms with E-state index in [9.17, 15) is 18.8 Å². The Morgan fingerprint density at radius 1 is 0.867 bits per heavy atom. The molecule has 150 valence electrons. The summed E-state index contributed by atoms with van der Waals surface area (Å²) >= 11 is 0. The number of carbonyl (C=O) groups excluding carboxylic acids is 3. The van der Waals surface area contributed by atoms with E-state index < -0.39 is 24.3 Å². The number of ether oxygens (including phenoxy) is 1. The highest BCUT2D eigenvalue weighted by Crippen LogP contribution is 2.19. The van der Waals surface area contributed by atoms with Crippen LogP contribution in [0.1, 0.15) is 21.5 Å². The molecule has 1 amide bonds. The van der Waals surface area contributed by atoms with Crippen LogP contribution in [-0.2, 0) is 14.3 Å². The third-order valence-corrected chi connectivity index (χ3v) is 4.13. The van der Waals surface area contributed by atoms with Crippen LogP contribution in [0, 0.1) is 5.82 Å². The molecule has 0 aromatic heterocycles. The van der Waals surface area contributed by atoms with Crippen molar-refractivity contribution in [3.63, 3.8) is 0 Å². The molecule has 0 aliphatic rings. The zero-order chi connectivity index (χ0) is 21.3. The lowest BCUT2D eigenvalue weighted by atomic mass is 10.0. The Hall–Kier alpha value is -4.06. The summed E-state index contributed by atoms with van der Waals surface area (Å²) in [6.45, 7) is -0.547. The second kappa shape index (κ2) is 9.93. The Morgan fingerprint density at radius 3 is 2.30 bits per heavy atom. The maximum atomic E-state index is 13.5. The van der Waals surface area contributed by atoms with Crippen molar-refractivity contribution in [3.8, 4) is 0 Å². The van der Waals surface area contributed by atoms with Crippen molar-refractivity contribution in [1.29, 1.82) is 0 Å². The fourth-order valence-electron chi connectivity index (χ4n) is 2.67. The Labute approximate surface area is 172 Å². The maximum Gasteiger partial charge on any atom is 0.331 e. The molecule has 0 unspecified atom stereocenters. The number of nitrogens with one attached hydrogen (secondary N) is 1. The largest absolute Gasteiger partial charge is 0.452 e. The van der Waals surface area contributed by atoms with E-state index in [-0.39, 0.29) is 11.3 Å². The SMILES string of the molecule is O=C(COC(=O)/C=C/c1ccccc1F)Nc1ccccc1C(=O)c1ccccc1. The van der Waals surface area contributed by atoms with Gasteiger partial charge in [-0.3, -0.25) is 9.59 Å². The zero-order valence-electron chi connectivity index (χ0n) is 15.9. The fraction of sp³-hybridized carbons (Fsp3) is 0.0417. The third-order valence-electron chi connectivity index (χ3n) is 4.13. The number of esters is 1. The summed E-state index contributed by atoms with van der Waals surface area (Å²) in [4.78, 5) is 36.6. The van der Waals surface area contributed by atoms with Gasteiger partial charge in [0.05, 0.1) is 5.69 Å². The third kappa shape index (κ3) is 5.48. The van der Waals surface area contributed by atoms with E-state index in [1.807, 2.05) is 0 Å². The molecule has 30 heavy (non-hydrogen) atoms. The first-order valence-corrected chi connectivity index (χ1v) is 9.12. The number of para-hydroxylation sites is 1. The van der Waals surface area contributed by atoms with Crippen molar-refractivity contribution in [3.05, 3.63) is 107 Å². The van der Waals surface area contributed by atoms with E-state index in [4.69, 9.17) is 4.74 Å². The van der Waals surface area contributed by atoms with Crippen LogP contribution in [0.4, 0.5) is 10.1 Å². The lowest BCUT2D eigenvalue weighted by molar-refractivity contribution is -0.142. The average molecular weight is 403 g/mol. The van der Waals surface area contributed by atoms with Gasteiger partial charge in [0.25, 0.3) is 5.91 Å². The van der Waals surface area contributed by atoms with Gasteiger partial charge in [-0.05, 0) is 24.3 Å². The Morgan fingerprint density at radius 2 is 1.53 bits per heavy atom. The number of carbonyl (C=O) groups is 3. The van der Waals surface area contributed by atoms with Crippen molar-refractivity contribution in [1.82, 2.24) is 0 Å². The van der Waals surface area contributed by atoms with Gasteiger partial charge in [-0.1, -0.05) is 60.7 Å². The summed E-state index contributed by atoms with van der Waals surface area (Å²) in [6, 6.07) is 21.2. The zero-order valence-corrected chi connectivity index (χ0v) is 15.9. The van der Waals surface area contributed by atoms with Crippen molar-refractivity contribution >= 4 is 29.4 Å². The van der Waals surface area contributed by atoms with Crippen LogP contribution < -0.4 is 5.32 Å². The minimum absolute atomic E-state index is 0.229. The Kier molecular flexibility index (Phi) is 6.84. The highest BCUT2D eigenvalue weighted by molar-refractivity contribution is 6.13. The van der Waals surface area contributed by atoms with E-state index in [0.29, 0.717) is 16.8 Å². The van der Waals surface area contributed by atoms with Crippen molar-refractivity contribution in [2.75, 3.05) is 11.9 Å². The number of rotatable bonds is 7. The van der Waals surface area contributed by atoms with Gasteiger partial charge in [-0.2, -0.15) is 0 Å². The van der Waals surface area contributed by atoms with Crippen LogP contribution in [0.3, 0.4) is 0 Å². The first kappa shape index (κ1) is 20.7. The van der Waals surface area contributed by atoms with E-state index in [1.54, 1.807) is 60.7 Å². The second-order valence-electron chi connectivity index (χ2n) is 6.25. The molecule has 0 saturated carbocycles. The van der Waals surface area contributed by atoms with Crippen LogP contribution in [0.2, 0.25) is 0 Å². The summed E-state index contributed by atoms with van der Waals surface area (Å²) in [7, 11) is 0. The van der Waals surface area contributed by atoms with Gasteiger partial charge in [0, 0.05) is 22.8 Å². The summed E-state index contributed by atoms with van der Waals surface area (Å²) in [6.07, 6.45) is 2.31. The van der Waals surface area contributed by atoms with Gasteiger partial charge in [-0.15, -0.1) is 0 Å². The van der Waals surface area contributed by atoms with Crippen LogP contribution in [0.5, 0.6) is 0 Å². The molecular weight excluding hydrogens is 385 g/mol. The minimum Gasteiger partial charge on any atom is -0.452 e. The van der Waals surface area contributed by atoms with Gasteiger partial charge >= 0.3 is 5.97 Å². The summed E-state index contributed by atoms with van der Waals surface area (Å²) < 4.78 is 18.4. The molecule has 0 aliphatic heterocycles. The van der Waals surface area contributed by atoms with Crippen molar-refractivity contribution < 1.29 is 23.5 Å². The molecule has 0 radical (unpaired) electrons. The molecular formula is C24H18FNO4. The molecule has 3 aromatic rings. The Bertz CT molecular complexity index is 1090. The van der Waals surface area contributed by atoms with Crippen molar-refractivity contribution in [2.24, 2.45) is 0 Å². The number of ketones is 1. The number of amides is 1. The van der Waals surface area contributed by atoms with E-state index in [0.717, 1.165) is 6.08 Å². The first-order valence-electron chi connectivity index (χ1n) is 9.12. The molecule has 5 nitrogen and oxygen atoms in total. The summed E-state index contributed by atoms with van der Waals surface area (Å²) in [5, 5.41) is 2.58. The number of halogens is 1. The molecule has 0 heterocycles. The molecule has 1 N–H and O–H groups in total. The van der Waals surface area contributed by atoms with Gasteiger partial charge in [0.15, 0.2) is 12.4 Å². The number of anilines is 1. The highest BCUT2D eigenvalue weighted by Gasteiger charge is 2.15. The van der Waals surface area contributed by atoms with E-state index in [2.05, 4.69) is 5.32 Å². The first-order chi connectivity index (χ1) is 14.5. The quantitative estimate of drug-likeness (QED) is 0.364. The van der Waals surface area contributed by atoms with E-state index >= 15 is 0 Å². The maximum absolute atomic E-state index is 13.5. The lowest BCUT2D eigenvalue weighted by Gasteiger charge is -2.10. The summed E-state index contributed by atoms with van der Waals surface area (Å²) in [5.41, 5.74) is 1.35. The van der Waals surface area contributed by atoms with Gasteiger partial charge < -0.3 is 10.1 Å². The van der Waals surface area contributed by atoms with Crippen LogP contribution >= 0.6 is 0 Å².